The standard InChI is InChI=1S/C12H21NO/c1-5-12(4,6-2)13-10(3)11-7-8-14-9-11/h7-10,13H,5-6H2,1-4H3. The first-order chi connectivity index (χ1) is 6.61. The van der Waals surface area contributed by atoms with Gasteiger partial charge in [0.15, 0.2) is 0 Å². The van der Waals surface area contributed by atoms with Gasteiger partial charge in [-0.05, 0) is 32.8 Å². The number of furan rings is 1. The lowest BCUT2D eigenvalue weighted by atomic mass is 9.93. The molecule has 2 heteroatoms. The van der Waals surface area contributed by atoms with Crippen LogP contribution in [0.1, 0.15) is 52.1 Å². The van der Waals surface area contributed by atoms with Gasteiger partial charge in [-0.25, -0.2) is 0 Å². The zero-order chi connectivity index (χ0) is 10.6. The van der Waals surface area contributed by atoms with Crippen molar-refractivity contribution in [3.8, 4) is 0 Å². The van der Waals surface area contributed by atoms with Crippen molar-refractivity contribution in [3.63, 3.8) is 0 Å². The molecule has 0 bridgehead atoms. The lowest BCUT2D eigenvalue weighted by Crippen LogP contribution is -2.42. The zero-order valence-electron chi connectivity index (χ0n) is 9.63. The van der Waals surface area contributed by atoms with Gasteiger partial charge in [0.1, 0.15) is 0 Å². The fourth-order valence-electron chi connectivity index (χ4n) is 1.58. The lowest BCUT2D eigenvalue weighted by molar-refractivity contribution is 0.298. The van der Waals surface area contributed by atoms with Gasteiger partial charge in [0.2, 0.25) is 0 Å². The van der Waals surface area contributed by atoms with Crippen molar-refractivity contribution in [1.82, 2.24) is 5.32 Å². The van der Waals surface area contributed by atoms with Gasteiger partial charge in [-0.15, -0.1) is 0 Å². The Morgan fingerprint density at radius 1 is 1.43 bits per heavy atom. The van der Waals surface area contributed by atoms with Crippen molar-refractivity contribution in [2.45, 2.75) is 52.1 Å². The van der Waals surface area contributed by atoms with Crippen LogP contribution in [0.25, 0.3) is 0 Å². The summed E-state index contributed by atoms with van der Waals surface area (Å²) in [6, 6.07) is 2.38. The average molecular weight is 195 g/mol. The Labute approximate surface area is 86.7 Å². The van der Waals surface area contributed by atoms with Crippen molar-refractivity contribution >= 4 is 0 Å². The number of hydrogen-bond donors (Lipinski definition) is 1. The first kappa shape index (κ1) is 11.3. The summed E-state index contributed by atoms with van der Waals surface area (Å²) in [6.45, 7) is 8.88. The maximum atomic E-state index is 5.08. The Hall–Kier alpha value is -0.760. The highest BCUT2D eigenvalue weighted by Gasteiger charge is 2.22. The summed E-state index contributed by atoms with van der Waals surface area (Å²) >= 11 is 0. The molecule has 0 aliphatic heterocycles. The van der Waals surface area contributed by atoms with E-state index in [1.54, 1.807) is 6.26 Å². The van der Waals surface area contributed by atoms with Crippen molar-refractivity contribution in [2.75, 3.05) is 0 Å². The fourth-order valence-corrected chi connectivity index (χ4v) is 1.58. The molecule has 2 nitrogen and oxygen atoms in total. The largest absolute Gasteiger partial charge is 0.472 e. The Bertz CT molecular complexity index is 249. The molecule has 1 aromatic rings. The van der Waals surface area contributed by atoms with E-state index in [1.807, 2.05) is 12.3 Å². The van der Waals surface area contributed by atoms with E-state index in [0.29, 0.717) is 6.04 Å². The number of rotatable bonds is 5. The second-order valence-electron chi connectivity index (χ2n) is 4.19. The third-order valence-electron chi connectivity index (χ3n) is 3.17. The van der Waals surface area contributed by atoms with Crippen molar-refractivity contribution in [2.24, 2.45) is 0 Å². The van der Waals surface area contributed by atoms with Crippen LogP contribution >= 0.6 is 0 Å². The molecule has 0 amide bonds. The van der Waals surface area contributed by atoms with Gasteiger partial charge >= 0.3 is 0 Å². The monoisotopic (exact) mass is 195 g/mol. The smallest absolute Gasteiger partial charge is 0.0950 e. The maximum Gasteiger partial charge on any atom is 0.0950 e. The second-order valence-corrected chi connectivity index (χ2v) is 4.19. The van der Waals surface area contributed by atoms with Gasteiger partial charge < -0.3 is 9.73 Å². The Morgan fingerprint density at radius 3 is 2.50 bits per heavy atom. The molecule has 0 saturated heterocycles. The molecular formula is C12H21NO. The van der Waals surface area contributed by atoms with Crippen molar-refractivity contribution in [1.29, 1.82) is 0 Å². The molecule has 1 aromatic heterocycles. The van der Waals surface area contributed by atoms with Crippen LogP contribution in [0.4, 0.5) is 0 Å². The van der Waals surface area contributed by atoms with E-state index in [9.17, 15) is 0 Å². The molecule has 14 heavy (non-hydrogen) atoms. The SMILES string of the molecule is CCC(C)(CC)NC(C)c1ccoc1. The van der Waals surface area contributed by atoms with Crippen LogP contribution in [0.5, 0.6) is 0 Å². The Kier molecular flexibility index (Phi) is 3.76. The molecule has 80 valence electrons. The minimum Gasteiger partial charge on any atom is -0.472 e. The predicted molar refractivity (Wildman–Crippen MR) is 59.2 cm³/mol. The predicted octanol–water partition coefficient (Wildman–Crippen LogP) is 3.51. The van der Waals surface area contributed by atoms with Crippen LogP contribution in [0.3, 0.4) is 0 Å². The van der Waals surface area contributed by atoms with Crippen molar-refractivity contribution in [3.05, 3.63) is 24.2 Å². The molecule has 0 aliphatic rings. The molecule has 0 aromatic carbocycles. The quantitative estimate of drug-likeness (QED) is 0.777. The molecule has 0 radical (unpaired) electrons. The van der Waals surface area contributed by atoms with E-state index in [-0.39, 0.29) is 5.54 Å². The van der Waals surface area contributed by atoms with Crippen LogP contribution in [0.2, 0.25) is 0 Å². The molecule has 0 spiro atoms. The first-order valence-corrected chi connectivity index (χ1v) is 5.41. The summed E-state index contributed by atoms with van der Waals surface area (Å²) in [5.74, 6) is 0. The van der Waals surface area contributed by atoms with Gasteiger partial charge in [0.05, 0.1) is 12.5 Å². The zero-order valence-corrected chi connectivity index (χ0v) is 9.63. The summed E-state index contributed by atoms with van der Waals surface area (Å²) in [5, 5.41) is 3.64. The van der Waals surface area contributed by atoms with Gasteiger partial charge in [-0.3, -0.25) is 0 Å². The topological polar surface area (TPSA) is 25.2 Å². The van der Waals surface area contributed by atoms with E-state index >= 15 is 0 Å². The third-order valence-corrected chi connectivity index (χ3v) is 3.17. The molecule has 0 saturated carbocycles. The highest BCUT2D eigenvalue weighted by molar-refractivity contribution is 5.11. The van der Waals surface area contributed by atoms with Crippen LogP contribution < -0.4 is 5.32 Å². The second kappa shape index (κ2) is 4.65. The highest BCUT2D eigenvalue weighted by Crippen LogP contribution is 2.21. The summed E-state index contributed by atoms with van der Waals surface area (Å²) in [4.78, 5) is 0. The van der Waals surface area contributed by atoms with Crippen LogP contribution in [-0.4, -0.2) is 5.54 Å². The lowest BCUT2D eigenvalue weighted by Gasteiger charge is -2.31. The number of hydrogen-bond acceptors (Lipinski definition) is 2. The summed E-state index contributed by atoms with van der Waals surface area (Å²) < 4.78 is 5.08. The van der Waals surface area contributed by atoms with Crippen molar-refractivity contribution < 1.29 is 4.42 Å². The van der Waals surface area contributed by atoms with Gasteiger partial charge in [0.25, 0.3) is 0 Å². The van der Waals surface area contributed by atoms with Gasteiger partial charge in [-0.2, -0.15) is 0 Å². The summed E-state index contributed by atoms with van der Waals surface area (Å²) in [6.07, 6.45) is 5.82. The third kappa shape index (κ3) is 2.61. The molecule has 1 rings (SSSR count). The van der Waals surface area contributed by atoms with Gasteiger partial charge in [0, 0.05) is 17.1 Å². The molecule has 0 aliphatic carbocycles. The van der Waals surface area contributed by atoms with E-state index in [2.05, 4.69) is 33.0 Å². The highest BCUT2D eigenvalue weighted by atomic mass is 16.3. The normalized spacial score (nSPS) is 14.3. The fraction of sp³-hybridized carbons (Fsp3) is 0.667. The van der Waals surface area contributed by atoms with Crippen LogP contribution in [0.15, 0.2) is 23.0 Å². The first-order valence-electron chi connectivity index (χ1n) is 5.41. The Morgan fingerprint density at radius 2 is 2.07 bits per heavy atom. The molecule has 1 heterocycles. The minimum absolute atomic E-state index is 0.233. The molecule has 1 atom stereocenters. The van der Waals surface area contributed by atoms with Crippen LogP contribution in [0, 0.1) is 0 Å². The molecule has 0 fully saturated rings. The summed E-state index contributed by atoms with van der Waals surface area (Å²) in [5.41, 5.74) is 1.45. The minimum atomic E-state index is 0.233. The van der Waals surface area contributed by atoms with E-state index < -0.39 is 0 Å². The molecule has 1 unspecified atom stereocenters. The Balaban J connectivity index is 2.60. The van der Waals surface area contributed by atoms with Crippen LogP contribution in [-0.2, 0) is 0 Å². The van der Waals surface area contributed by atoms with E-state index in [1.165, 1.54) is 5.56 Å². The average Bonchev–Trinajstić information content (AvgIpc) is 2.70. The maximum absolute atomic E-state index is 5.08. The molecular weight excluding hydrogens is 174 g/mol. The van der Waals surface area contributed by atoms with E-state index in [4.69, 9.17) is 4.42 Å². The number of nitrogens with one attached hydrogen (secondary N) is 1. The van der Waals surface area contributed by atoms with Gasteiger partial charge in [-0.1, -0.05) is 13.8 Å². The van der Waals surface area contributed by atoms with E-state index in [0.717, 1.165) is 12.8 Å². The molecule has 1 N–H and O–H groups in total. The summed E-state index contributed by atoms with van der Waals surface area (Å²) in [7, 11) is 0.